The van der Waals surface area contributed by atoms with E-state index in [2.05, 4.69) is 6.92 Å². The van der Waals surface area contributed by atoms with Gasteiger partial charge in [-0.15, -0.1) is 0 Å². The first-order valence-corrected chi connectivity index (χ1v) is 43.6. The van der Waals surface area contributed by atoms with Crippen LogP contribution < -0.4 is 0 Å². The third-order valence-electron chi connectivity index (χ3n) is 32.8. The van der Waals surface area contributed by atoms with Crippen molar-refractivity contribution in [3.05, 3.63) is 0 Å². The van der Waals surface area contributed by atoms with Crippen LogP contribution in [0.3, 0.4) is 0 Å². The maximum Gasteiger partial charge on any atom is 0.316 e. The summed E-state index contributed by atoms with van der Waals surface area (Å²) in [5, 5.41) is 0. The lowest BCUT2D eigenvalue weighted by atomic mass is 9.73. The van der Waals surface area contributed by atoms with Crippen LogP contribution in [0.5, 0.6) is 0 Å². The number of carbonyl (C=O) groups excluding carboxylic acids is 12. The molecule has 12 bridgehead atoms. The zero-order valence-corrected chi connectivity index (χ0v) is 70.9. The number of carbonyl (C=O) groups is 12. The number of ether oxygens (including phenoxy) is 13. The highest BCUT2D eigenvalue weighted by Crippen LogP contribution is 2.65. The molecule has 12 aliphatic carbocycles. The first-order valence-electron chi connectivity index (χ1n) is 43.6. The third-order valence-corrected chi connectivity index (χ3v) is 32.8. The van der Waals surface area contributed by atoms with Crippen molar-refractivity contribution >= 4 is 71.6 Å². The first-order chi connectivity index (χ1) is 53.7. The molecule has 0 aromatic rings. The zero-order chi connectivity index (χ0) is 82.8. The number of rotatable bonds is 19. The molecule has 6 aliphatic heterocycles. The van der Waals surface area contributed by atoms with Crippen LogP contribution in [0.1, 0.15) is 316 Å². The number of cyclic esters (lactones) is 4. The molecule has 34 unspecified atom stereocenters. The van der Waals surface area contributed by atoms with Gasteiger partial charge in [0.15, 0.2) is 0 Å². The predicted molar refractivity (Wildman–Crippen MR) is 486 cm³/mol. The molecule has 18 rings (SSSR count). The molecule has 0 aromatic heterocycles. The Morgan fingerprint density at radius 1 is 0.357 bits per heavy atom. The Hall–Kier alpha value is -6.40. The van der Waals surface area contributed by atoms with Crippen molar-refractivity contribution in [1.82, 2.24) is 0 Å². The second kappa shape index (κ2) is 44.7. The minimum Gasteiger partial charge on any atom is -0.465 e. The summed E-state index contributed by atoms with van der Waals surface area (Å²) in [4.78, 5) is 144. The number of hydrogen-bond donors (Lipinski definition) is 0. The maximum atomic E-state index is 12.4. The van der Waals surface area contributed by atoms with E-state index in [4.69, 9.17) is 61.6 Å². The molecule has 0 amide bonds. The van der Waals surface area contributed by atoms with Crippen molar-refractivity contribution < 1.29 is 119 Å². The number of methoxy groups -OCH3 is 1. The van der Waals surface area contributed by atoms with Gasteiger partial charge in [0.1, 0.15) is 60.2 Å². The molecule has 0 radical (unpaired) electrons. The lowest BCUT2D eigenvalue weighted by Crippen LogP contribution is -2.47. The highest BCUT2D eigenvalue weighted by molar-refractivity contribution is 5.84. The van der Waals surface area contributed by atoms with Gasteiger partial charge < -0.3 is 61.6 Å². The van der Waals surface area contributed by atoms with E-state index in [0.717, 1.165) is 103 Å². The third kappa shape index (κ3) is 20.7. The monoisotopic (exact) mass is 1790 g/mol. The van der Waals surface area contributed by atoms with Crippen molar-refractivity contribution in [1.29, 1.82) is 0 Å². The van der Waals surface area contributed by atoms with Crippen molar-refractivity contribution in [2.75, 3.05) is 33.5 Å². The lowest BCUT2D eigenvalue weighted by molar-refractivity contribution is -0.175. The summed E-state index contributed by atoms with van der Waals surface area (Å²) in [7, 11) is 1.63. The van der Waals surface area contributed by atoms with Gasteiger partial charge in [0.05, 0.1) is 89.7 Å². The van der Waals surface area contributed by atoms with E-state index in [1.165, 1.54) is 0 Å². The van der Waals surface area contributed by atoms with Crippen molar-refractivity contribution in [3.8, 4) is 0 Å². The van der Waals surface area contributed by atoms with Gasteiger partial charge in [0.25, 0.3) is 0 Å². The molecule has 0 aromatic carbocycles. The Kier molecular flexibility index (Phi) is 41.7. The van der Waals surface area contributed by atoms with E-state index >= 15 is 0 Å². The number of fused-ring (bicyclic) bond motifs is 22. The Morgan fingerprint density at radius 3 is 1.17 bits per heavy atom. The molecule has 12 saturated carbocycles. The van der Waals surface area contributed by atoms with Gasteiger partial charge in [-0.05, 0) is 189 Å². The molecule has 732 valence electrons. The lowest BCUT2D eigenvalue weighted by Gasteiger charge is -2.36. The fourth-order valence-corrected chi connectivity index (χ4v) is 23.6. The Balaban J connectivity index is 0.000000743. The highest BCUT2D eigenvalue weighted by atomic mass is 16.6. The van der Waals surface area contributed by atoms with Crippen LogP contribution in [0.4, 0.5) is 0 Å². The second-order valence-corrected chi connectivity index (χ2v) is 40.2. The smallest absolute Gasteiger partial charge is 0.316 e. The summed E-state index contributed by atoms with van der Waals surface area (Å²) in [5.74, 6) is 3.43. The molecule has 25 heteroatoms. The SMILES string of the molecule is C.C.C.C.C.C.C.C.C.C.C.C.CCC(C)(C)C(=O)OC1C(C)C2CC1C1COC(=O)C21.CCC(C)(C)C(=O)OC1C2CC(C1OC)C1C(=O)OCC21.CCC(C)(C)C(=O)OC1C2CC3OC(=O)C1(C)C3C2.CCC(C)(C)C(=O)OC1CC2CC1C1COC(=O)C21.CCC(C)C(=O)OC1C2CC3OC(=O)C1C3C2.CCC(C)C(=O)OC1CC2CC1C1COC(=O)C21. The van der Waals surface area contributed by atoms with Crippen LogP contribution in [0, 0.1) is 169 Å². The van der Waals surface area contributed by atoms with E-state index < -0.39 is 27.1 Å². The Bertz CT molecular complexity index is 3710. The zero-order valence-electron chi connectivity index (χ0n) is 70.9. The number of hydrogen-bond acceptors (Lipinski definition) is 25. The van der Waals surface area contributed by atoms with Crippen LogP contribution in [-0.2, 0) is 119 Å². The molecule has 18 aliphatic rings. The molecule has 18 fully saturated rings. The molecule has 126 heavy (non-hydrogen) atoms. The average molecular weight is 1790 g/mol. The molecule has 34 atom stereocenters. The van der Waals surface area contributed by atoms with Crippen LogP contribution in [-0.4, -0.2) is 160 Å². The van der Waals surface area contributed by atoms with Gasteiger partial charge >= 0.3 is 71.6 Å². The fourth-order valence-electron chi connectivity index (χ4n) is 23.6. The van der Waals surface area contributed by atoms with Crippen molar-refractivity contribution in [2.45, 2.75) is 371 Å². The first kappa shape index (κ1) is 118. The van der Waals surface area contributed by atoms with E-state index in [-0.39, 0.29) is 299 Å². The summed E-state index contributed by atoms with van der Waals surface area (Å²) < 4.78 is 71.4. The van der Waals surface area contributed by atoms with E-state index in [0.29, 0.717) is 85.6 Å². The van der Waals surface area contributed by atoms with Crippen molar-refractivity contribution in [3.63, 3.8) is 0 Å². The minimum atomic E-state index is -0.604. The molecule has 0 spiro atoms. The molecule has 25 nitrogen and oxygen atoms in total. The second-order valence-electron chi connectivity index (χ2n) is 40.2. The van der Waals surface area contributed by atoms with Crippen molar-refractivity contribution in [2.24, 2.45) is 169 Å². The van der Waals surface area contributed by atoms with Crippen LogP contribution in [0.2, 0.25) is 0 Å². The normalized spacial score (nSPS) is 38.2. The maximum absolute atomic E-state index is 12.4. The topological polar surface area (TPSA) is 325 Å². The van der Waals surface area contributed by atoms with Crippen LogP contribution in [0.25, 0.3) is 0 Å². The number of esters is 12. The van der Waals surface area contributed by atoms with Gasteiger partial charge in [-0.3, -0.25) is 57.5 Å². The van der Waals surface area contributed by atoms with Gasteiger partial charge in [0.2, 0.25) is 0 Å². The van der Waals surface area contributed by atoms with Crippen LogP contribution >= 0.6 is 0 Å². The molecule has 6 saturated heterocycles. The largest absolute Gasteiger partial charge is 0.465 e. The summed E-state index contributed by atoms with van der Waals surface area (Å²) in [5.41, 5.74) is -2.42. The molecular weight excluding hydrogens is 1610 g/mol. The fraction of sp³-hybridized carbons (Fsp3) is 0.881. The minimum absolute atomic E-state index is 0. The van der Waals surface area contributed by atoms with Gasteiger partial charge in [-0.1, -0.05) is 151 Å². The molecule has 6 heterocycles. The summed E-state index contributed by atoms with van der Waals surface area (Å²) in [6, 6.07) is 0. The summed E-state index contributed by atoms with van der Waals surface area (Å²) in [6.07, 6.45) is 13.2. The average Bonchev–Trinajstić information content (AvgIpc) is 1.54. The summed E-state index contributed by atoms with van der Waals surface area (Å²) >= 11 is 0. The van der Waals surface area contributed by atoms with Gasteiger partial charge in [-0.25, -0.2) is 0 Å². The van der Waals surface area contributed by atoms with E-state index in [1.807, 2.05) is 118 Å². The molecular formula is C101H178O25. The van der Waals surface area contributed by atoms with Gasteiger partial charge in [-0.2, -0.15) is 0 Å². The van der Waals surface area contributed by atoms with Crippen LogP contribution in [0.15, 0.2) is 0 Å². The van der Waals surface area contributed by atoms with Gasteiger partial charge in [0, 0.05) is 84.0 Å². The highest BCUT2D eigenvalue weighted by Gasteiger charge is 2.73. The van der Waals surface area contributed by atoms with E-state index in [1.54, 1.807) is 7.11 Å². The quantitative estimate of drug-likeness (QED) is 0.0856. The Labute approximate surface area is 761 Å². The standard InChI is InChI=1S/C16H24O5.C16H24O4.2C15H22O4.C14H20O4.C13H18O4.12CH4/c1-5-16(2,3)15(18)21-13-8-6-9(12(13)19-4)11-10(8)7-20-14(11)17;1-5-16(3,4)15(18)20-13-8(2)9-6-10(13)11-7-19-14(17)12(9)11;1-5-14(2,3)12(16)19-11-8-6-9-10(7-8)18-13(17)15(9,11)4;1-4-15(2,3)14(17)19-11-6-8-5-9(11)10-7-18-13(16)12(8)10;1-3-7(2)13(15)18-11-5-8-4-9(11)10-6-17-14(16)12(8)10;1-3-6(2)12(14)17-11-7-4-8-9(5-7)16-13(15)10(8)11;;;;;;;;;;;;/h8-13H,5-7H2,1-4H3;8-13H,5-7H2,1-4H3;8-11H,5-7H2,1-4H3;8-12H,4-7H2,1-3H3;7-12H,3-6H2,1-2H3;6-11H,3-5H2,1-2H3;12*1H4. The Morgan fingerprint density at radius 2 is 0.730 bits per heavy atom. The molecule has 0 N–H and O–H groups in total. The van der Waals surface area contributed by atoms with E-state index in [9.17, 15) is 57.5 Å². The summed E-state index contributed by atoms with van der Waals surface area (Å²) in [6.45, 7) is 37.0. The predicted octanol–water partition coefficient (Wildman–Crippen LogP) is 19.6.